The number of rotatable bonds is 6. The van der Waals surface area contributed by atoms with Gasteiger partial charge in [-0.05, 0) is 68.0 Å². The van der Waals surface area contributed by atoms with Crippen LogP contribution in [0.5, 0.6) is 0 Å². The van der Waals surface area contributed by atoms with Crippen LogP contribution in [0, 0.1) is 0 Å². The van der Waals surface area contributed by atoms with E-state index in [9.17, 15) is 4.79 Å². The fraction of sp³-hybridized carbons (Fsp3) is 0.632. The minimum atomic E-state index is -0.240. The fourth-order valence-corrected chi connectivity index (χ4v) is 3.79. The summed E-state index contributed by atoms with van der Waals surface area (Å²) in [5, 5.41) is 0. The van der Waals surface area contributed by atoms with Crippen molar-refractivity contribution in [1.82, 2.24) is 4.90 Å². The van der Waals surface area contributed by atoms with Crippen LogP contribution in [-0.2, 0) is 11.2 Å². The van der Waals surface area contributed by atoms with Gasteiger partial charge in [0, 0.05) is 6.04 Å². The molecule has 0 amide bonds. The molecule has 3 nitrogen and oxygen atoms in total. The van der Waals surface area contributed by atoms with Gasteiger partial charge in [-0.15, -0.1) is 0 Å². The summed E-state index contributed by atoms with van der Waals surface area (Å²) in [4.78, 5) is 14.3. The first-order valence-corrected chi connectivity index (χ1v) is 8.57. The highest BCUT2D eigenvalue weighted by Gasteiger charge is 2.30. The summed E-state index contributed by atoms with van der Waals surface area (Å²) in [5.74, 6) is 0.282. The normalized spacial score (nSPS) is 20.8. The van der Waals surface area contributed by atoms with Gasteiger partial charge in [-0.1, -0.05) is 26.8 Å². The Labute approximate surface area is 134 Å². The quantitative estimate of drug-likeness (QED) is 0.744. The number of aryl methyl sites for hydroxylation is 1. The molecule has 122 valence electrons. The smallest absolute Gasteiger partial charge is 0.337 e. The number of carbonyl (C=O) groups excluding carboxylic acids is 1. The van der Waals surface area contributed by atoms with E-state index < -0.39 is 0 Å². The summed E-state index contributed by atoms with van der Waals surface area (Å²) in [6.45, 7) is 9.20. The summed E-state index contributed by atoms with van der Waals surface area (Å²) in [6.07, 6.45) is 4.65. The van der Waals surface area contributed by atoms with Gasteiger partial charge in [-0.25, -0.2) is 4.79 Å². The van der Waals surface area contributed by atoms with E-state index in [2.05, 4.69) is 31.7 Å². The van der Waals surface area contributed by atoms with Gasteiger partial charge >= 0.3 is 5.97 Å². The Balaban J connectivity index is 2.22. The van der Waals surface area contributed by atoms with Gasteiger partial charge in [0.25, 0.3) is 0 Å². The minimum absolute atomic E-state index is 0.240. The Hall–Kier alpha value is -1.35. The number of ether oxygens (including phenoxy) is 1. The lowest BCUT2D eigenvalue weighted by Gasteiger charge is -2.39. The summed E-state index contributed by atoms with van der Waals surface area (Å²) < 4.78 is 4.83. The second-order valence-corrected chi connectivity index (χ2v) is 6.34. The summed E-state index contributed by atoms with van der Waals surface area (Å²) in [7, 11) is 1.44. The lowest BCUT2D eigenvalue weighted by Crippen LogP contribution is -2.42. The van der Waals surface area contributed by atoms with Crippen molar-refractivity contribution >= 4 is 5.97 Å². The molecule has 0 saturated heterocycles. The molecule has 1 aliphatic rings. The number of esters is 1. The topological polar surface area (TPSA) is 29.5 Å². The minimum Gasteiger partial charge on any atom is -0.465 e. The maximum atomic E-state index is 11.7. The van der Waals surface area contributed by atoms with Crippen molar-refractivity contribution in [3.63, 3.8) is 0 Å². The molecule has 0 spiro atoms. The second-order valence-electron chi connectivity index (χ2n) is 6.34. The zero-order chi connectivity index (χ0) is 16.1. The molecule has 1 aromatic rings. The predicted molar refractivity (Wildman–Crippen MR) is 90.5 cm³/mol. The van der Waals surface area contributed by atoms with E-state index in [0.29, 0.717) is 17.5 Å². The number of benzene rings is 1. The van der Waals surface area contributed by atoms with E-state index in [1.54, 1.807) is 0 Å². The molecule has 2 unspecified atom stereocenters. The molecule has 2 rings (SSSR count). The monoisotopic (exact) mass is 303 g/mol. The Morgan fingerprint density at radius 1 is 1.27 bits per heavy atom. The third-order valence-corrected chi connectivity index (χ3v) is 4.83. The number of carbonyl (C=O) groups is 1. The highest BCUT2D eigenvalue weighted by atomic mass is 16.5. The largest absolute Gasteiger partial charge is 0.465 e. The molecule has 0 bridgehead atoms. The van der Waals surface area contributed by atoms with Crippen LogP contribution < -0.4 is 0 Å². The standard InChI is InChI=1S/C19H29NO2/c1-5-11-20(12-6-2)18-10-8-15-13-16(19(21)22-4)7-9-17(15)14(18)3/h7,9,13-14,18H,5-6,8,10-12H2,1-4H3. The summed E-state index contributed by atoms with van der Waals surface area (Å²) in [6, 6.07) is 6.69. The third kappa shape index (κ3) is 3.52. The zero-order valence-corrected chi connectivity index (χ0v) is 14.4. The maximum absolute atomic E-state index is 11.7. The van der Waals surface area contributed by atoms with Crippen molar-refractivity contribution in [2.45, 2.75) is 58.4 Å². The first kappa shape index (κ1) is 17.0. The van der Waals surface area contributed by atoms with Gasteiger partial charge in [0.1, 0.15) is 0 Å². The number of hydrogen-bond acceptors (Lipinski definition) is 3. The molecule has 1 aromatic carbocycles. The van der Waals surface area contributed by atoms with Gasteiger partial charge < -0.3 is 4.74 Å². The molecule has 0 radical (unpaired) electrons. The SMILES string of the molecule is CCCN(CCC)C1CCc2cc(C(=O)OC)ccc2C1C. The van der Waals surface area contributed by atoms with E-state index in [0.717, 1.165) is 6.42 Å². The van der Waals surface area contributed by atoms with Crippen LogP contribution in [0.1, 0.15) is 67.4 Å². The number of fused-ring (bicyclic) bond motifs is 1. The molecule has 0 aromatic heterocycles. The Morgan fingerprint density at radius 3 is 2.55 bits per heavy atom. The highest BCUT2D eigenvalue weighted by Crippen LogP contribution is 2.35. The number of nitrogens with zero attached hydrogens (tertiary/aromatic N) is 1. The van der Waals surface area contributed by atoms with E-state index >= 15 is 0 Å². The molecule has 0 aliphatic heterocycles. The van der Waals surface area contributed by atoms with Crippen LogP contribution in [-0.4, -0.2) is 37.1 Å². The van der Waals surface area contributed by atoms with E-state index in [1.807, 2.05) is 12.1 Å². The first-order chi connectivity index (χ1) is 10.6. The van der Waals surface area contributed by atoms with Gasteiger partial charge in [0.2, 0.25) is 0 Å². The molecule has 1 aliphatic carbocycles. The van der Waals surface area contributed by atoms with Crippen LogP contribution in [0.25, 0.3) is 0 Å². The van der Waals surface area contributed by atoms with Gasteiger partial charge in [-0.2, -0.15) is 0 Å². The van der Waals surface area contributed by atoms with Crippen LogP contribution in [0.3, 0.4) is 0 Å². The molecule has 0 fully saturated rings. The highest BCUT2D eigenvalue weighted by molar-refractivity contribution is 5.89. The number of methoxy groups -OCH3 is 1. The Morgan fingerprint density at radius 2 is 1.95 bits per heavy atom. The Kier molecular flexibility index (Phi) is 6.01. The average Bonchev–Trinajstić information content (AvgIpc) is 2.54. The molecule has 22 heavy (non-hydrogen) atoms. The van der Waals surface area contributed by atoms with Crippen molar-refractivity contribution in [2.24, 2.45) is 0 Å². The van der Waals surface area contributed by atoms with Crippen LogP contribution in [0.4, 0.5) is 0 Å². The van der Waals surface area contributed by atoms with Crippen LogP contribution >= 0.6 is 0 Å². The lowest BCUT2D eigenvalue weighted by atomic mass is 9.79. The first-order valence-electron chi connectivity index (χ1n) is 8.57. The summed E-state index contributed by atoms with van der Waals surface area (Å²) >= 11 is 0. The Bertz CT molecular complexity index is 506. The molecule has 2 atom stereocenters. The van der Waals surface area contributed by atoms with Crippen molar-refractivity contribution in [1.29, 1.82) is 0 Å². The van der Waals surface area contributed by atoms with Gasteiger partial charge in [0.05, 0.1) is 12.7 Å². The maximum Gasteiger partial charge on any atom is 0.337 e. The van der Waals surface area contributed by atoms with Crippen molar-refractivity contribution < 1.29 is 9.53 Å². The van der Waals surface area contributed by atoms with E-state index in [4.69, 9.17) is 4.74 Å². The number of hydrogen-bond donors (Lipinski definition) is 0. The van der Waals surface area contributed by atoms with E-state index in [1.165, 1.54) is 50.6 Å². The van der Waals surface area contributed by atoms with Gasteiger partial charge in [-0.3, -0.25) is 4.90 Å². The average molecular weight is 303 g/mol. The fourth-order valence-electron chi connectivity index (χ4n) is 3.79. The molecule has 0 N–H and O–H groups in total. The lowest BCUT2D eigenvalue weighted by molar-refractivity contribution is 0.0600. The molecular formula is C19H29NO2. The molecular weight excluding hydrogens is 274 g/mol. The van der Waals surface area contributed by atoms with Crippen molar-refractivity contribution in [2.75, 3.05) is 20.2 Å². The molecule has 3 heteroatoms. The van der Waals surface area contributed by atoms with Crippen molar-refractivity contribution in [3.8, 4) is 0 Å². The molecule has 0 heterocycles. The second kappa shape index (κ2) is 7.77. The third-order valence-electron chi connectivity index (χ3n) is 4.83. The van der Waals surface area contributed by atoms with Crippen molar-refractivity contribution in [3.05, 3.63) is 34.9 Å². The summed E-state index contributed by atoms with van der Waals surface area (Å²) in [5.41, 5.74) is 3.39. The zero-order valence-electron chi connectivity index (χ0n) is 14.4. The van der Waals surface area contributed by atoms with Gasteiger partial charge in [0.15, 0.2) is 0 Å². The molecule has 0 saturated carbocycles. The van der Waals surface area contributed by atoms with E-state index in [-0.39, 0.29) is 5.97 Å². The van der Waals surface area contributed by atoms with Crippen LogP contribution in [0.15, 0.2) is 18.2 Å². The predicted octanol–water partition coefficient (Wildman–Crippen LogP) is 4.01. The van der Waals surface area contributed by atoms with Crippen LogP contribution in [0.2, 0.25) is 0 Å².